The lowest BCUT2D eigenvalue weighted by molar-refractivity contribution is -0.383. The van der Waals surface area contributed by atoms with E-state index in [1.807, 2.05) is 0 Å². The quantitative estimate of drug-likeness (QED) is 0.427. The molecular formula is C19H22FN5O4. The smallest absolute Gasteiger partial charge is 0.353 e. The molecule has 1 aliphatic heterocycles. The molecule has 1 N–H and O–H groups in total. The first-order valence-corrected chi connectivity index (χ1v) is 9.39. The van der Waals surface area contributed by atoms with Crippen molar-refractivity contribution >= 4 is 23.3 Å². The summed E-state index contributed by atoms with van der Waals surface area (Å²) in [5, 5.41) is 14.7. The van der Waals surface area contributed by atoms with Gasteiger partial charge in [0.15, 0.2) is 0 Å². The summed E-state index contributed by atoms with van der Waals surface area (Å²) in [5.74, 6) is -0.477. The van der Waals surface area contributed by atoms with Crippen LogP contribution in [0, 0.1) is 21.8 Å². The highest BCUT2D eigenvalue weighted by molar-refractivity contribution is 5.74. The second-order valence-corrected chi connectivity index (χ2v) is 6.64. The van der Waals surface area contributed by atoms with Gasteiger partial charge >= 0.3 is 11.7 Å². The van der Waals surface area contributed by atoms with Crippen molar-refractivity contribution in [3.8, 4) is 0 Å². The van der Waals surface area contributed by atoms with Crippen LogP contribution in [0.3, 0.4) is 0 Å². The van der Waals surface area contributed by atoms with Gasteiger partial charge in [-0.15, -0.1) is 0 Å². The summed E-state index contributed by atoms with van der Waals surface area (Å²) in [6.07, 6.45) is 2.35. The minimum absolute atomic E-state index is 0.0943. The number of rotatable bonds is 7. The summed E-state index contributed by atoms with van der Waals surface area (Å²) in [6, 6.07) is 5.84. The van der Waals surface area contributed by atoms with Gasteiger partial charge in [-0.1, -0.05) is 12.1 Å². The van der Waals surface area contributed by atoms with Crippen molar-refractivity contribution in [1.82, 2.24) is 9.97 Å². The van der Waals surface area contributed by atoms with Crippen LogP contribution in [0.15, 0.2) is 30.6 Å². The zero-order valence-electron chi connectivity index (χ0n) is 16.0. The summed E-state index contributed by atoms with van der Waals surface area (Å²) < 4.78 is 18.1. The van der Waals surface area contributed by atoms with Crippen molar-refractivity contribution in [3.05, 3.63) is 52.1 Å². The maximum atomic E-state index is 13.0. The standard InChI is InChI=1S/C19H22FN5O4/c1-2-29-19(26)14-7-9-24(10-8-14)18-16(25(27)28)17(22-12-23-18)21-11-13-3-5-15(20)6-4-13/h3-6,12,14H,2,7-11H2,1H3,(H,21,22,23). The van der Waals surface area contributed by atoms with Gasteiger partial charge in [-0.05, 0) is 37.5 Å². The Morgan fingerprint density at radius 2 is 2.00 bits per heavy atom. The number of nitro groups is 1. The largest absolute Gasteiger partial charge is 0.466 e. The number of ether oxygens (including phenoxy) is 1. The molecule has 2 heterocycles. The topological polar surface area (TPSA) is 110 Å². The van der Waals surface area contributed by atoms with Crippen molar-refractivity contribution in [2.75, 3.05) is 29.9 Å². The van der Waals surface area contributed by atoms with Crippen LogP contribution in [0.4, 0.5) is 21.7 Å². The molecule has 0 saturated carbocycles. The normalized spacial score (nSPS) is 14.5. The van der Waals surface area contributed by atoms with Crippen LogP contribution < -0.4 is 10.2 Å². The Morgan fingerprint density at radius 3 is 2.62 bits per heavy atom. The van der Waals surface area contributed by atoms with E-state index in [-0.39, 0.29) is 41.6 Å². The summed E-state index contributed by atoms with van der Waals surface area (Å²) >= 11 is 0. The second kappa shape index (κ2) is 9.26. The molecule has 29 heavy (non-hydrogen) atoms. The van der Waals surface area contributed by atoms with Crippen LogP contribution in [-0.4, -0.2) is 40.6 Å². The van der Waals surface area contributed by atoms with E-state index < -0.39 is 4.92 Å². The van der Waals surface area contributed by atoms with Gasteiger partial charge in [0, 0.05) is 19.6 Å². The first-order valence-electron chi connectivity index (χ1n) is 9.39. The minimum Gasteiger partial charge on any atom is -0.466 e. The Bertz CT molecular complexity index is 869. The van der Waals surface area contributed by atoms with Crippen LogP contribution in [0.5, 0.6) is 0 Å². The van der Waals surface area contributed by atoms with Crippen LogP contribution in [-0.2, 0) is 16.1 Å². The zero-order chi connectivity index (χ0) is 20.8. The molecule has 10 heteroatoms. The molecule has 9 nitrogen and oxygen atoms in total. The zero-order valence-corrected chi connectivity index (χ0v) is 16.0. The molecule has 1 saturated heterocycles. The number of carbonyl (C=O) groups is 1. The Labute approximate surface area is 167 Å². The van der Waals surface area contributed by atoms with Crippen LogP contribution >= 0.6 is 0 Å². The summed E-state index contributed by atoms with van der Waals surface area (Å²) in [4.78, 5) is 33.1. The molecule has 1 aromatic heterocycles. The fraction of sp³-hybridized carbons (Fsp3) is 0.421. The number of hydrogen-bond acceptors (Lipinski definition) is 8. The molecule has 154 valence electrons. The van der Waals surface area contributed by atoms with E-state index in [4.69, 9.17) is 4.74 Å². The fourth-order valence-corrected chi connectivity index (χ4v) is 3.27. The van der Waals surface area contributed by atoms with E-state index in [0.29, 0.717) is 32.5 Å². The van der Waals surface area contributed by atoms with Gasteiger partial charge in [0.25, 0.3) is 0 Å². The first-order chi connectivity index (χ1) is 14.0. The lowest BCUT2D eigenvalue weighted by Gasteiger charge is -2.31. The van der Waals surface area contributed by atoms with Gasteiger partial charge in [-0.25, -0.2) is 14.4 Å². The number of aromatic nitrogens is 2. The number of nitrogens with zero attached hydrogens (tertiary/aromatic N) is 4. The first kappa shape index (κ1) is 20.4. The van der Waals surface area contributed by atoms with Crippen molar-refractivity contribution < 1.29 is 18.8 Å². The lowest BCUT2D eigenvalue weighted by Crippen LogP contribution is -2.37. The molecule has 1 aliphatic rings. The second-order valence-electron chi connectivity index (χ2n) is 6.64. The molecule has 3 rings (SSSR count). The van der Waals surface area contributed by atoms with Crippen LogP contribution in [0.25, 0.3) is 0 Å². The number of esters is 1. The average Bonchev–Trinajstić information content (AvgIpc) is 2.73. The van der Waals surface area contributed by atoms with E-state index in [1.54, 1.807) is 24.0 Å². The lowest BCUT2D eigenvalue weighted by atomic mass is 9.97. The third-order valence-corrected chi connectivity index (χ3v) is 4.77. The molecule has 0 bridgehead atoms. The molecule has 2 aromatic rings. The SMILES string of the molecule is CCOC(=O)C1CCN(c2ncnc(NCc3ccc(F)cc3)c2[N+](=O)[O-])CC1. The Balaban J connectivity index is 1.74. The molecule has 1 fully saturated rings. The minimum atomic E-state index is -0.514. The highest BCUT2D eigenvalue weighted by Gasteiger charge is 2.32. The van der Waals surface area contributed by atoms with E-state index in [0.717, 1.165) is 5.56 Å². The molecule has 0 aliphatic carbocycles. The molecule has 0 spiro atoms. The maximum Gasteiger partial charge on any atom is 0.353 e. The van der Waals surface area contributed by atoms with Gasteiger partial charge in [0.1, 0.15) is 12.1 Å². The Hall–Kier alpha value is -3.30. The van der Waals surface area contributed by atoms with Gasteiger partial charge in [0.2, 0.25) is 11.6 Å². The molecule has 0 atom stereocenters. The predicted molar refractivity (Wildman–Crippen MR) is 104 cm³/mol. The van der Waals surface area contributed by atoms with Gasteiger partial charge in [0.05, 0.1) is 17.4 Å². The van der Waals surface area contributed by atoms with Crippen molar-refractivity contribution in [2.45, 2.75) is 26.3 Å². The monoisotopic (exact) mass is 403 g/mol. The average molecular weight is 403 g/mol. The maximum absolute atomic E-state index is 13.0. The van der Waals surface area contributed by atoms with Gasteiger partial charge in [-0.2, -0.15) is 0 Å². The molecule has 0 amide bonds. The molecule has 0 unspecified atom stereocenters. The fourth-order valence-electron chi connectivity index (χ4n) is 3.27. The van der Waals surface area contributed by atoms with E-state index in [9.17, 15) is 19.3 Å². The summed E-state index contributed by atoms with van der Waals surface area (Å²) in [5.41, 5.74) is 0.542. The third-order valence-electron chi connectivity index (χ3n) is 4.77. The van der Waals surface area contributed by atoms with E-state index >= 15 is 0 Å². The van der Waals surface area contributed by atoms with E-state index in [2.05, 4.69) is 15.3 Å². The van der Waals surface area contributed by atoms with Crippen LogP contribution in [0.2, 0.25) is 0 Å². The number of halogens is 1. The van der Waals surface area contributed by atoms with Gasteiger partial charge in [-0.3, -0.25) is 14.9 Å². The Kier molecular flexibility index (Phi) is 6.53. The van der Waals surface area contributed by atoms with Crippen molar-refractivity contribution in [2.24, 2.45) is 5.92 Å². The highest BCUT2D eigenvalue weighted by atomic mass is 19.1. The number of carbonyl (C=O) groups excluding carboxylic acids is 1. The Morgan fingerprint density at radius 1 is 1.31 bits per heavy atom. The van der Waals surface area contributed by atoms with Crippen molar-refractivity contribution in [3.63, 3.8) is 0 Å². The summed E-state index contributed by atoms with van der Waals surface area (Å²) in [7, 11) is 0. The highest BCUT2D eigenvalue weighted by Crippen LogP contribution is 2.34. The molecular weight excluding hydrogens is 381 g/mol. The number of benzene rings is 1. The van der Waals surface area contributed by atoms with Crippen molar-refractivity contribution in [1.29, 1.82) is 0 Å². The third kappa shape index (κ3) is 4.95. The predicted octanol–water partition coefficient (Wildman–Crippen LogP) is 2.92. The molecule has 1 aromatic carbocycles. The van der Waals surface area contributed by atoms with Crippen LogP contribution in [0.1, 0.15) is 25.3 Å². The number of nitrogens with one attached hydrogen (secondary N) is 1. The number of hydrogen-bond donors (Lipinski definition) is 1. The summed E-state index contributed by atoms with van der Waals surface area (Å²) in [6.45, 7) is 3.26. The molecule has 0 radical (unpaired) electrons. The number of anilines is 2. The van der Waals surface area contributed by atoms with E-state index in [1.165, 1.54) is 18.5 Å². The number of piperidine rings is 1. The van der Waals surface area contributed by atoms with Gasteiger partial charge < -0.3 is 15.0 Å².